The van der Waals surface area contributed by atoms with Gasteiger partial charge in [0.05, 0.1) is 16.9 Å². The highest BCUT2D eigenvalue weighted by molar-refractivity contribution is 5.93. The molecule has 7 nitrogen and oxygen atoms in total. The number of carbonyl (C=O) groups is 2. The Morgan fingerprint density at radius 2 is 1.64 bits per heavy atom. The molecule has 0 bridgehead atoms. The van der Waals surface area contributed by atoms with Crippen molar-refractivity contribution in [2.45, 2.75) is 34.1 Å². The second-order valence-electron chi connectivity index (χ2n) is 10.5. The summed E-state index contributed by atoms with van der Waals surface area (Å²) < 4.78 is 0. The number of hydrogen-bond donors (Lipinski definition) is 1. The van der Waals surface area contributed by atoms with E-state index in [1.165, 1.54) is 15.9 Å². The van der Waals surface area contributed by atoms with E-state index in [0.29, 0.717) is 24.5 Å². The summed E-state index contributed by atoms with van der Waals surface area (Å²) in [5, 5.41) is 18.2. The van der Waals surface area contributed by atoms with Crippen molar-refractivity contribution >= 4 is 17.4 Å². The van der Waals surface area contributed by atoms with E-state index in [1.807, 2.05) is 54.3 Å². The molecule has 2 aliphatic rings. The standard InChI is InChI=1S/C29H30N4O3/c1-19-25(31-33(30-19)22-8-6-5-7-9-22)26(34)32-17-15-24-28(2,3)23(14-16-29(24,4)18-32)20-10-12-21(13-11-20)27(35)36/h5-15H,16-18H2,1-4H3,(H,35,36)/t29-/m1/s1. The molecule has 184 valence electrons. The summed E-state index contributed by atoms with van der Waals surface area (Å²) in [6.45, 7) is 9.56. The van der Waals surface area contributed by atoms with Gasteiger partial charge in [-0.05, 0) is 48.7 Å². The number of aromatic carboxylic acids is 1. The van der Waals surface area contributed by atoms with Crippen molar-refractivity contribution in [2.24, 2.45) is 10.8 Å². The minimum atomic E-state index is -0.926. The smallest absolute Gasteiger partial charge is 0.335 e. The Balaban J connectivity index is 1.41. The third-order valence-corrected chi connectivity index (χ3v) is 7.51. The number of hydrogen-bond acceptors (Lipinski definition) is 4. The van der Waals surface area contributed by atoms with E-state index in [-0.39, 0.29) is 22.3 Å². The Bertz CT molecular complexity index is 1400. The molecule has 1 aromatic heterocycles. The van der Waals surface area contributed by atoms with Gasteiger partial charge in [-0.15, -0.1) is 5.10 Å². The lowest BCUT2D eigenvalue weighted by Gasteiger charge is -2.50. The van der Waals surface area contributed by atoms with Crippen LogP contribution in [0.1, 0.15) is 59.3 Å². The van der Waals surface area contributed by atoms with Crippen LogP contribution in [0.15, 0.2) is 72.3 Å². The molecule has 3 aromatic rings. The largest absolute Gasteiger partial charge is 0.478 e. The summed E-state index contributed by atoms with van der Waals surface area (Å²) in [5.74, 6) is -1.03. The minimum absolute atomic E-state index is 0.108. The molecule has 0 radical (unpaired) electrons. The molecule has 0 saturated heterocycles. The summed E-state index contributed by atoms with van der Waals surface area (Å²) in [7, 11) is 0. The first-order valence-electron chi connectivity index (χ1n) is 12.1. The summed E-state index contributed by atoms with van der Waals surface area (Å²) in [5.41, 5.74) is 5.15. The van der Waals surface area contributed by atoms with Crippen LogP contribution in [0, 0.1) is 17.8 Å². The molecule has 0 spiro atoms. The van der Waals surface area contributed by atoms with Crippen LogP contribution in [-0.4, -0.2) is 50.0 Å². The first-order chi connectivity index (χ1) is 17.1. The van der Waals surface area contributed by atoms with Crippen LogP contribution < -0.4 is 0 Å². The van der Waals surface area contributed by atoms with Gasteiger partial charge in [-0.1, -0.05) is 68.8 Å². The van der Waals surface area contributed by atoms with Crippen molar-refractivity contribution in [2.75, 3.05) is 13.1 Å². The number of para-hydroxylation sites is 1. The van der Waals surface area contributed by atoms with Gasteiger partial charge in [-0.25, -0.2) is 4.79 Å². The van der Waals surface area contributed by atoms with Crippen LogP contribution in [0.5, 0.6) is 0 Å². The van der Waals surface area contributed by atoms with E-state index >= 15 is 0 Å². The number of fused-ring (bicyclic) bond motifs is 1. The molecular formula is C29H30N4O3. The topological polar surface area (TPSA) is 88.3 Å². The lowest BCUT2D eigenvalue weighted by Crippen LogP contribution is -2.49. The number of amides is 1. The number of benzene rings is 2. The summed E-state index contributed by atoms with van der Waals surface area (Å²) in [6.07, 6.45) is 5.23. The number of rotatable bonds is 4. The summed E-state index contributed by atoms with van der Waals surface area (Å²) >= 11 is 0. The van der Waals surface area contributed by atoms with Gasteiger partial charge in [-0.2, -0.15) is 9.90 Å². The zero-order chi connectivity index (χ0) is 25.7. The molecular weight excluding hydrogens is 452 g/mol. The molecule has 0 saturated carbocycles. The molecule has 2 aromatic carbocycles. The fourth-order valence-corrected chi connectivity index (χ4v) is 5.76. The zero-order valence-corrected chi connectivity index (χ0v) is 21.0. The third-order valence-electron chi connectivity index (χ3n) is 7.51. The fraction of sp³-hybridized carbons (Fsp3) is 0.310. The lowest BCUT2D eigenvalue weighted by atomic mass is 9.58. The van der Waals surface area contributed by atoms with Crippen molar-refractivity contribution < 1.29 is 14.7 Å². The quantitative estimate of drug-likeness (QED) is 0.518. The molecule has 0 unspecified atom stereocenters. The third kappa shape index (κ3) is 3.94. The highest BCUT2D eigenvalue weighted by Crippen LogP contribution is 2.55. The second-order valence-corrected chi connectivity index (χ2v) is 10.5. The fourth-order valence-electron chi connectivity index (χ4n) is 5.76. The van der Waals surface area contributed by atoms with E-state index in [2.05, 4.69) is 43.1 Å². The Labute approximate surface area is 210 Å². The van der Waals surface area contributed by atoms with Gasteiger partial charge < -0.3 is 10.0 Å². The van der Waals surface area contributed by atoms with Crippen molar-refractivity contribution in [3.05, 3.63) is 94.8 Å². The van der Waals surface area contributed by atoms with Crippen molar-refractivity contribution in [1.82, 2.24) is 19.9 Å². The number of aromatic nitrogens is 3. The van der Waals surface area contributed by atoms with Crippen LogP contribution in [0.3, 0.4) is 0 Å². The van der Waals surface area contributed by atoms with Crippen molar-refractivity contribution in [3.8, 4) is 5.69 Å². The average Bonchev–Trinajstić information content (AvgIpc) is 3.25. The maximum Gasteiger partial charge on any atom is 0.335 e. The van der Waals surface area contributed by atoms with Crippen LogP contribution in [0.4, 0.5) is 0 Å². The minimum Gasteiger partial charge on any atom is -0.478 e. The van der Waals surface area contributed by atoms with Gasteiger partial charge in [0.2, 0.25) is 0 Å². The van der Waals surface area contributed by atoms with E-state index in [9.17, 15) is 14.7 Å². The zero-order valence-electron chi connectivity index (χ0n) is 21.0. The molecule has 36 heavy (non-hydrogen) atoms. The molecule has 1 N–H and O–H groups in total. The first kappa shape index (κ1) is 23.7. The summed E-state index contributed by atoms with van der Waals surface area (Å²) in [6, 6.07) is 16.7. The molecule has 1 amide bonds. The Morgan fingerprint density at radius 1 is 0.944 bits per heavy atom. The van der Waals surface area contributed by atoms with Gasteiger partial charge in [0.25, 0.3) is 5.91 Å². The normalized spacial score (nSPS) is 20.8. The second kappa shape index (κ2) is 8.59. The molecule has 7 heteroatoms. The molecule has 5 rings (SSSR count). The predicted molar refractivity (Wildman–Crippen MR) is 138 cm³/mol. The SMILES string of the molecule is Cc1nn(-c2ccccc2)nc1C(=O)N1CC=C2C(C)(C)C(c3ccc(C(=O)O)cc3)=CC[C@]2(C)C1. The molecule has 1 atom stereocenters. The van der Waals surface area contributed by atoms with Crippen LogP contribution in [0.2, 0.25) is 0 Å². The molecule has 2 heterocycles. The van der Waals surface area contributed by atoms with Crippen molar-refractivity contribution in [1.29, 1.82) is 0 Å². The highest BCUT2D eigenvalue weighted by atomic mass is 16.4. The van der Waals surface area contributed by atoms with Gasteiger partial charge >= 0.3 is 5.97 Å². The van der Waals surface area contributed by atoms with Gasteiger partial charge in [-0.3, -0.25) is 4.79 Å². The molecule has 1 aliphatic heterocycles. The Morgan fingerprint density at radius 3 is 2.31 bits per heavy atom. The van der Waals surface area contributed by atoms with Crippen LogP contribution in [-0.2, 0) is 0 Å². The Hall–Kier alpha value is -4.00. The van der Waals surface area contributed by atoms with Crippen molar-refractivity contribution in [3.63, 3.8) is 0 Å². The average molecular weight is 483 g/mol. The Kier molecular flexibility index (Phi) is 5.66. The number of carbonyl (C=O) groups excluding carboxylic acids is 1. The maximum atomic E-state index is 13.5. The van der Waals surface area contributed by atoms with E-state index in [4.69, 9.17) is 0 Å². The van der Waals surface area contributed by atoms with Gasteiger partial charge in [0, 0.05) is 23.9 Å². The maximum absolute atomic E-state index is 13.5. The summed E-state index contributed by atoms with van der Waals surface area (Å²) in [4.78, 5) is 28.2. The van der Waals surface area contributed by atoms with Gasteiger partial charge in [0.15, 0.2) is 5.69 Å². The number of aryl methyl sites for hydroxylation is 1. The van der Waals surface area contributed by atoms with E-state index in [0.717, 1.165) is 17.7 Å². The monoisotopic (exact) mass is 482 g/mol. The van der Waals surface area contributed by atoms with Crippen LogP contribution in [0.25, 0.3) is 11.3 Å². The van der Waals surface area contributed by atoms with Crippen LogP contribution >= 0.6 is 0 Å². The molecule has 1 aliphatic carbocycles. The first-order valence-corrected chi connectivity index (χ1v) is 12.1. The highest BCUT2D eigenvalue weighted by Gasteiger charge is 2.46. The number of nitrogens with zero attached hydrogens (tertiary/aromatic N) is 4. The lowest BCUT2D eigenvalue weighted by molar-refractivity contribution is 0.0672. The van der Waals surface area contributed by atoms with Gasteiger partial charge in [0.1, 0.15) is 0 Å². The van der Waals surface area contributed by atoms with E-state index < -0.39 is 5.97 Å². The predicted octanol–water partition coefficient (Wildman–Crippen LogP) is 5.18. The number of allylic oxidation sites excluding steroid dienone is 2. The van der Waals surface area contributed by atoms with E-state index in [1.54, 1.807) is 12.1 Å². The number of carboxylic acid groups (broad SMARTS) is 1. The molecule has 0 fully saturated rings. The number of carboxylic acids is 1.